The van der Waals surface area contributed by atoms with Gasteiger partial charge in [0.1, 0.15) is 11.4 Å². The second kappa shape index (κ2) is 7.02. The van der Waals surface area contributed by atoms with Crippen LogP contribution in [0.15, 0.2) is 36.5 Å². The van der Waals surface area contributed by atoms with Crippen LogP contribution in [0.2, 0.25) is 0 Å². The molecule has 22 heavy (non-hydrogen) atoms. The molecule has 1 N–H and O–H groups in total. The maximum atomic E-state index is 12.4. The quantitative estimate of drug-likeness (QED) is 0.922. The van der Waals surface area contributed by atoms with E-state index in [1.165, 1.54) is 0 Å². The molecule has 1 heterocycles. The van der Waals surface area contributed by atoms with E-state index in [-0.39, 0.29) is 11.9 Å². The summed E-state index contributed by atoms with van der Waals surface area (Å²) in [5.74, 6) is 1.09. The Morgan fingerprint density at radius 3 is 2.55 bits per heavy atom. The third kappa shape index (κ3) is 3.61. The highest BCUT2D eigenvalue weighted by Gasteiger charge is 2.18. The van der Waals surface area contributed by atoms with Gasteiger partial charge in [0, 0.05) is 31.9 Å². The first-order chi connectivity index (χ1) is 10.5. The summed E-state index contributed by atoms with van der Waals surface area (Å²) in [6.07, 6.45) is 2.48. The number of carbonyl (C=O) groups is 1. The lowest BCUT2D eigenvalue weighted by Crippen LogP contribution is -2.33. The number of aromatic nitrogens is 2. The number of amides is 1. The topological polar surface area (TPSA) is 58.1 Å². The van der Waals surface area contributed by atoms with E-state index >= 15 is 0 Å². The van der Waals surface area contributed by atoms with Crippen LogP contribution in [0.25, 0.3) is 11.4 Å². The van der Waals surface area contributed by atoms with E-state index < -0.39 is 0 Å². The van der Waals surface area contributed by atoms with Gasteiger partial charge in [-0.25, -0.2) is 9.97 Å². The van der Waals surface area contributed by atoms with E-state index in [4.69, 9.17) is 0 Å². The van der Waals surface area contributed by atoms with Crippen molar-refractivity contribution in [3.63, 3.8) is 0 Å². The predicted molar refractivity (Wildman–Crippen MR) is 89.0 cm³/mol. The van der Waals surface area contributed by atoms with Crippen molar-refractivity contribution in [1.82, 2.24) is 15.3 Å². The Kier molecular flexibility index (Phi) is 5.09. The van der Waals surface area contributed by atoms with Gasteiger partial charge in [0.25, 0.3) is 5.91 Å². The van der Waals surface area contributed by atoms with Gasteiger partial charge >= 0.3 is 0 Å². The minimum absolute atomic E-state index is 0.122. The fourth-order valence-corrected chi connectivity index (χ4v) is 2.00. The van der Waals surface area contributed by atoms with E-state index in [9.17, 15) is 4.79 Å². The molecule has 0 saturated heterocycles. The number of rotatable bonds is 5. The molecule has 1 amide bonds. The molecule has 2 rings (SSSR count). The Morgan fingerprint density at radius 2 is 1.95 bits per heavy atom. The number of hydrogen-bond donors (Lipinski definition) is 1. The molecule has 1 atom stereocenters. The highest BCUT2D eigenvalue weighted by molar-refractivity contribution is 5.99. The summed E-state index contributed by atoms with van der Waals surface area (Å²) < 4.78 is 0. The maximum Gasteiger partial charge on any atom is 0.256 e. The predicted octanol–water partition coefficient (Wildman–Crippen LogP) is 2.74. The Labute approximate surface area is 131 Å². The van der Waals surface area contributed by atoms with Crippen molar-refractivity contribution in [2.24, 2.45) is 0 Å². The third-order valence-electron chi connectivity index (χ3n) is 3.46. The molecule has 0 bridgehead atoms. The molecule has 1 aromatic carbocycles. The van der Waals surface area contributed by atoms with Crippen LogP contribution < -0.4 is 10.2 Å². The van der Waals surface area contributed by atoms with Gasteiger partial charge < -0.3 is 10.2 Å². The van der Waals surface area contributed by atoms with Crippen molar-refractivity contribution in [2.45, 2.75) is 26.3 Å². The van der Waals surface area contributed by atoms with Crippen molar-refractivity contribution in [3.8, 4) is 11.4 Å². The average molecular weight is 298 g/mol. The minimum Gasteiger partial charge on any atom is -0.362 e. The second-order valence-corrected chi connectivity index (χ2v) is 5.47. The third-order valence-corrected chi connectivity index (χ3v) is 3.46. The van der Waals surface area contributed by atoms with Gasteiger partial charge in [-0.2, -0.15) is 0 Å². The SMILES string of the molecule is CC[C@@H](C)NC(=O)c1cnc(-c2ccccc2)nc1N(C)C. The molecule has 0 saturated carbocycles. The molecule has 0 spiro atoms. The molecule has 0 aliphatic heterocycles. The van der Waals surface area contributed by atoms with Crippen molar-refractivity contribution in [1.29, 1.82) is 0 Å². The van der Waals surface area contributed by atoms with Crippen LogP contribution >= 0.6 is 0 Å². The van der Waals surface area contributed by atoms with E-state index in [0.717, 1.165) is 12.0 Å². The highest BCUT2D eigenvalue weighted by atomic mass is 16.1. The molecule has 0 aliphatic carbocycles. The number of nitrogens with zero attached hydrogens (tertiary/aromatic N) is 3. The van der Waals surface area contributed by atoms with Gasteiger partial charge in [-0.05, 0) is 13.3 Å². The van der Waals surface area contributed by atoms with Crippen LogP contribution in [-0.4, -0.2) is 36.0 Å². The highest BCUT2D eigenvalue weighted by Crippen LogP contribution is 2.21. The number of benzene rings is 1. The molecule has 116 valence electrons. The first kappa shape index (κ1) is 15.9. The fourth-order valence-electron chi connectivity index (χ4n) is 2.00. The van der Waals surface area contributed by atoms with E-state index in [1.807, 2.05) is 63.2 Å². The van der Waals surface area contributed by atoms with Crippen molar-refractivity contribution >= 4 is 11.7 Å². The lowest BCUT2D eigenvalue weighted by Gasteiger charge is -2.18. The number of anilines is 1. The van der Waals surface area contributed by atoms with Gasteiger partial charge in [-0.3, -0.25) is 4.79 Å². The molecule has 0 radical (unpaired) electrons. The normalized spacial score (nSPS) is 11.8. The number of nitrogens with one attached hydrogen (secondary N) is 1. The second-order valence-electron chi connectivity index (χ2n) is 5.47. The van der Waals surface area contributed by atoms with Crippen LogP contribution in [0.1, 0.15) is 30.6 Å². The van der Waals surface area contributed by atoms with Crippen LogP contribution in [0.5, 0.6) is 0 Å². The minimum atomic E-state index is -0.141. The first-order valence-electron chi connectivity index (χ1n) is 7.43. The van der Waals surface area contributed by atoms with Crippen molar-refractivity contribution in [2.75, 3.05) is 19.0 Å². The summed E-state index contributed by atoms with van der Waals surface area (Å²) >= 11 is 0. The summed E-state index contributed by atoms with van der Waals surface area (Å²) in [6.45, 7) is 4.01. The Balaban J connectivity index is 2.38. The van der Waals surface area contributed by atoms with Gasteiger partial charge in [0.2, 0.25) is 0 Å². The summed E-state index contributed by atoms with van der Waals surface area (Å²) in [7, 11) is 3.74. The molecule has 2 aromatic rings. The molecule has 0 aliphatic rings. The number of carbonyl (C=O) groups excluding carboxylic acids is 1. The Bertz CT molecular complexity index is 640. The first-order valence-corrected chi connectivity index (χ1v) is 7.43. The fraction of sp³-hybridized carbons (Fsp3) is 0.353. The zero-order valence-electron chi connectivity index (χ0n) is 13.5. The lowest BCUT2D eigenvalue weighted by molar-refractivity contribution is 0.0939. The van der Waals surface area contributed by atoms with Crippen molar-refractivity contribution in [3.05, 3.63) is 42.1 Å². The molecular formula is C17H22N4O. The summed E-state index contributed by atoms with van der Waals surface area (Å²) in [5, 5.41) is 2.95. The van der Waals surface area contributed by atoms with E-state index in [2.05, 4.69) is 15.3 Å². The average Bonchev–Trinajstić information content (AvgIpc) is 2.54. The molecule has 1 aromatic heterocycles. The molecule has 0 unspecified atom stereocenters. The molecule has 0 fully saturated rings. The van der Waals surface area contributed by atoms with Crippen LogP contribution in [0.3, 0.4) is 0 Å². The summed E-state index contributed by atoms with van der Waals surface area (Å²) in [5.41, 5.74) is 1.42. The van der Waals surface area contributed by atoms with Crippen LogP contribution in [0.4, 0.5) is 5.82 Å². The zero-order chi connectivity index (χ0) is 16.1. The Hall–Kier alpha value is -2.43. The monoisotopic (exact) mass is 298 g/mol. The largest absolute Gasteiger partial charge is 0.362 e. The number of hydrogen-bond acceptors (Lipinski definition) is 4. The molecule has 5 nitrogen and oxygen atoms in total. The van der Waals surface area contributed by atoms with Gasteiger partial charge in [-0.1, -0.05) is 37.3 Å². The molecular weight excluding hydrogens is 276 g/mol. The Morgan fingerprint density at radius 1 is 1.27 bits per heavy atom. The smallest absolute Gasteiger partial charge is 0.256 e. The zero-order valence-corrected chi connectivity index (χ0v) is 13.5. The lowest BCUT2D eigenvalue weighted by atomic mass is 10.2. The molecule has 5 heteroatoms. The maximum absolute atomic E-state index is 12.4. The van der Waals surface area contributed by atoms with Crippen LogP contribution in [-0.2, 0) is 0 Å². The van der Waals surface area contributed by atoms with Gasteiger partial charge in [-0.15, -0.1) is 0 Å². The summed E-state index contributed by atoms with van der Waals surface area (Å²) in [6, 6.07) is 9.86. The van der Waals surface area contributed by atoms with Gasteiger partial charge in [0.05, 0.1) is 0 Å². The van der Waals surface area contributed by atoms with Crippen molar-refractivity contribution < 1.29 is 4.79 Å². The van der Waals surface area contributed by atoms with Crippen LogP contribution in [0, 0.1) is 0 Å². The van der Waals surface area contributed by atoms with Gasteiger partial charge in [0.15, 0.2) is 5.82 Å². The van der Waals surface area contributed by atoms with E-state index in [0.29, 0.717) is 17.2 Å². The summed E-state index contributed by atoms with van der Waals surface area (Å²) in [4.78, 5) is 23.1. The van der Waals surface area contributed by atoms with E-state index in [1.54, 1.807) is 6.20 Å². The standard InChI is InChI=1S/C17H22N4O/c1-5-12(2)19-17(22)14-11-18-15(20-16(14)21(3)4)13-9-7-6-8-10-13/h6-12H,5H2,1-4H3,(H,19,22)/t12-/m1/s1.